The predicted octanol–water partition coefficient (Wildman–Crippen LogP) is 1.73. The van der Waals surface area contributed by atoms with E-state index in [1.807, 2.05) is 0 Å². The molecule has 0 aromatic carbocycles. The summed E-state index contributed by atoms with van der Waals surface area (Å²) >= 11 is 0. The van der Waals surface area contributed by atoms with Gasteiger partial charge in [-0.3, -0.25) is 0 Å². The Morgan fingerprint density at radius 3 is 2.44 bits per heavy atom. The zero-order chi connectivity index (χ0) is 12.0. The maximum Gasteiger partial charge on any atom is 0.0480 e. The van der Waals surface area contributed by atoms with E-state index in [1.165, 1.54) is 12.8 Å². The summed E-state index contributed by atoms with van der Waals surface area (Å²) in [4.78, 5) is 2.44. The number of rotatable bonds is 6. The van der Waals surface area contributed by atoms with Crippen molar-refractivity contribution in [2.75, 3.05) is 33.4 Å². The number of nitrogens with zero attached hydrogens (tertiary/aromatic N) is 1. The van der Waals surface area contributed by atoms with Crippen LogP contribution in [0.5, 0.6) is 0 Å². The molecule has 0 spiro atoms. The molecule has 3 heteroatoms. The SMILES string of the molecule is CC(C)C(C)N(C)CCNC1CCOCC1. The van der Waals surface area contributed by atoms with Gasteiger partial charge in [-0.15, -0.1) is 0 Å². The minimum absolute atomic E-state index is 0.663. The highest BCUT2D eigenvalue weighted by atomic mass is 16.5. The molecule has 1 saturated heterocycles. The van der Waals surface area contributed by atoms with Gasteiger partial charge in [-0.25, -0.2) is 0 Å². The third kappa shape index (κ3) is 4.81. The van der Waals surface area contributed by atoms with Gasteiger partial charge in [-0.2, -0.15) is 0 Å². The van der Waals surface area contributed by atoms with E-state index < -0.39 is 0 Å². The van der Waals surface area contributed by atoms with Crippen molar-refractivity contribution in [1.82, 2.24) is 10.2 Å². The number of nitrogens with one attached hydrogen (secondary N) is 1. The molecule has 1 atom stereocenters. The van der Waals surface area contributed by atoms with Crippen LogP contribution in [0.3, 0.4) is 0 Å². The summed E-state index contributed by atoms with van der Waals surface area (Å²) in [5.41, 5.74) is 0. The maximum absolute atomic E-state index is 5.35. The normalized spacial score (nSPS) is 20.6. The standard InChI is InChI=1S/C13H28N2O/c1-11(2)12(3)15(4)8-7-14-13-5-9-16-10-6-13/h11-14H,5-10H2,1-4H3. The van der Waals surface area contributed by atoms with Gasteiger partial charge in [-0.05, 0) is 32.7 Å². The van der Waals surface area contributed by atoms with Crippen LogP contribution in [0.4, 0.5) is 0 Å². The van der Waals surface area contributed by atoms with Crippen LogP contribution in [0.2, 0.25) is 0 Å². The Hall–Kier alpha value is -0.120. The fourth-order valence-electron chi connectivity index (χ4n) is 2.06. The highest BCUT2D eigenvalue weighted by Gasteiger charge is 2.15. The first kappa shape index (κ1) is 13.9. The molecule has 0 radical (unpaired) electrons. The second kappa shape index (κ2) is 7.25. The number of hydrogen-bond acceptors (Lipinski definition) is 3. The Bertz CT molecular complexity index is 179. The molecule has 1 unspecified atom stereocenters. The van der Waals surface area contributed by atoms with Crippen LogP contribution in [-0.2, 0) is 4.74 Å². The highest BCUT2D eigenvalue weighted by molar-refractivity contribution is 4.72. The van der Waals surface area contributed by atoms with Crippen LogP contribution >= 0.6 is 0 Å². The van der Waals surface area contributed by atoms with Crippen molar-refractivity contribution in [1.29, 1.82) is 0 Å². The van der Waals surface area contributed by atoms with E-state index >= 15 is 0 Å². The van der Waals surface area contributed by atoms with Crippen LogP contribution in [0.15, 0.2) is 0 Å². The summed E-state index contributed by atoms with van der Waals surface area (Å²) in [6.07, 6.45) is 2.34. The van der Waals surface area contributed by atoms with Crippen molar-refractivity contribution < 1.29 is 4.74 Å². The van der Waals surface area contributed by atoms with Crippen molar-refractivity contribution in [3.8, 4) is 0 Å². The predicted molar refractivity (Wildman–Crippen MR) is 68.8 cm³/mol. The Balaban J connectivity index is 2.09. The van der Waals surface area contributed by atoms with E-state index in [4.69, 9.17) is 4.74 Å². The topological polar surface area (TPSA) is 24.5 Å². The Labute approximate surface area is 101 Å². The van der Waals surface area contributed by atoms with Gasteiger partial charge in [0.05, 0.1) is 0 Å². The van der Waals surface area contributed by atoms with Crippen molar-refractivity contribution >= 4 is 0 Å². The average molecular weight is 228 g/mol. The van der Waals surface area contributed by atoms with Gasteiger partial charge in [0, 0.05) is 38.4 Å². The average Bonchev–Trinajstić information content (AvgIpc) is 2.29. The van der Waals surface area contributed by atoms with E-state index in [0.29, 0.717) is 12.1 Å². The van der Waals surface area contributed by atoms with E-state index in [9.17, 15) is 0 Å². The van der Waals surface area contributed by atoms with Crippen LogP contribution in [-0.4, -0.2) is 50.3 Å². The van der Waals surface area contributed by atoms with Gasteiger partial charge in [-0.1, -0.05) is 13.8 Å². The van der Waals surface area contributed by atoms with Gasteiger partial charge in [0.1, 0.15) is 0 Å². The minimum atomic E-state index is 0.663. The molecule has 0 saturated carbocycles. The zero-order valence-corrected chi connectivity index (χ0v) is 11.3. The number of hydrogen-bond donors (Lipinski definition) is 1. The van der Waals surface area contributed by atoms with Gasteiger partial charge in [0.25, 0.3) is 0 Å². The molecular formula is C13H28N2O. The van der Waals surface area contributed by atoms with Gasteiger partial charge < -0.3 is 15.0 Å². The van der Waals surface area contributed by atoms with Crippen LogP contribution in [0.1, 0.15) is 33.6 Å². The highest BCUT2D eigenvalue weighted by Crippen LogP contribution is 2.08. The molecule has 16 heavy (non-hydrogen) atoms. The van der Waals surface area contributed by atoms with Crippen LogP contribution in [0.25, 0.3) is 0 Å². The van der Waals surface area contributed by atoms with E-state index in [2.05, 4.69) is 38.0 Å². The summed E-state index contributed by atoms with van der Waals surface area (Å²) in [5, 5.41) is 3.62. The number of ether oxygens (including phenoxy) is 1. The van der Waals surface area contributed by atoms with Crippen LogP contribution < -0.4 is 5.32 Å². The summed E-state index contributed by atoms with van der Waals surface area (Å²) < 4.78 is 5.35. The van der Waals surface area contributed by atoms with Crippen molar-refractivity contribution in [2.24, 2.45) is 5.92 Å². The Morgan fingerprint density at radius 1 is 1.25 bits per heavy atom. The molecule has 0 aromatic heterocycles. The minimum Gasteiger partial charge on any atom is -0.381 e. The first-order valence-corrected chi connectivity index (χ1v) is 6.62. The molecule has 0 amide bonds. The molecular weight excluding hydrogens is 200 g/mol. The summed E-state index contributed by atoms with van der Waals surface area (Å²) in [5.74, 6) is 0.730. The number of likely N-dealkylation sites (N-methyl/N-ethyl adjacent to an activating group) is 1. The molecule has 1 aliphatic rings. The van der Waals surface area contributed by atoms with Gasteiger partial charge >= 0.3 is 0 Å². The van der Waals surface area contributed by atoms with Crippen LogP contribution in [0, 0.1) is 5.92 Å². The van der Waals surface area contributed by atoms with Gasteiger partial charge in [0.2, 0.25) is 0 Å². The van der Waals surface area contributed by atoms with E-state index in [-0.39, 0.29) is 0 Å². The lowest BCUT2D eigenvalue weighted by atomic mass is 10.1. The second-order valence-corrected chi connectivity index (χ2v) is 5.31. The van der Waals surface area contributed by atoms with Crippen molar-refractivity contribution in [3.05, 3.63) is 0 Å². The lowest BCUT2D eigenvalue weighted by molar-refractivity contribution is 0.0768. The molecule has 1 N–H and O–H groups in total. The monoisotopic (exact) mass is 228 g/mol. The summed E-state index contributed by atoms with van der Waals surface area (Å²) in [6.45, 7) is 11.0. The summed E-state index contributed by atoms with van der Waals surface area (Å²) in [6, 6.07) is 1.34. The van der Waals surface area contributed by atoms with Crippen molar-refractivity contribution in [2.45, 2.75) is 45.7 Å². The van der Waals surface area contributed by atoms with E-state index in [1.54, 1.807) is 0 Å². The first-order valence-electron chi connectivity index (χ1n) is 6.62. The third-order valence-corrected chi connectivity index (χ3v) is 3.78. The molecule has 0 aromatic rings. The fraction of sp³-hybridized carbons (Fsp3) is 1.00. The fourth-order valence-corrected chi connectivity index (χ4v) is 2.06. The quantitative estimate of drug-likeness (QED) is 0.749. The first-order chi connectivity index (χ1) is 7.61. The molecule has 1 rings (SSSR count). The molecule has 3 nitrogen and oxygen atoms in total. The van der Waals surface area contributed by atoms with Gasteiger partial charge in [0.15, 0.2) is 0 Å². The largest absolute Gasteiger partial charge is 0.381 e. The molecule has 0 bridgehead atoms. The Kier molecular flexibility index (Phi) is 6.32. The van der Waals surface area contributed by atoms with E-state index in [0.717, 1.165) is 32.2 Å². The molecule has 96 valence electrons. The molecule has 1 heterocycles. The third-order valence-electron chi connectivity index (χ3n) is 3.78. The van der Waals surface area contributed by atoms with Crippen molar-refractivity contribution in [3.63, 3.8) is 0 Å². The Morgan fingerprint density at radius 2 is 1.88 bits per heavy atom. The molecule has 0 aliphatic carbocycles. The lowest BCUT2D eigenvalue weighted by Gasteiger charge is -2.29. The molecule has 1 fully saturated rings. The maximum atomic E-state index is 5.35. The lowest BCUT2D eigenvalue weighted by Crippen LogP contribution is -2.42. The second-order valence-electron chi connectivity index (χ2n) is 5.31. The zero-order valence-electron chi connectivity index (χ0n) is 11.3. The smallest absolute Gasteiger partial charge is 0.0480 e. The molecule has 1 aliphatic heterocycles. The summed E-state index contributed by atoms with van der Waals surface area (Å²) in [7, 11) is 2.22.